The van der Waals surface area contributed by atoms with Gasteiger partial charge in [-0.1, -0.05) is 23.2 Å². The summed E-state index contributed by atoms with van der Waals surface area (Å²) in [5.74, 6) is -5.86. The third-order valence-electron chi connectivity index (χ3n) is 4.69. The number of nitriles is 1. The molecule has 2 aromatic rings. The zero-order valence-electron chi connectivity index (χ0n) is 16.3. The number of anilines is 1. The van der Waals surface area contributed by atoms with E-state index in [0.717, 1.165) is 16.8 Å². The molecule has 1 aromatic heterocycles. The van der Waals surface area contributed by atoms with Gasteiger partial charge in [-0.3, -0.25) is 4.79 Å². The Bertz CT molecular complexity index is 1120. The summed E-state index contributed by atoms with van der Waals surface area (Å²) in [5.41, 5.74) is 1.56. The third kappa shape index (κ3) is 3.91. The van der Waals surface area contributed by atoms with E-state index in [4.69, 9.17) is 28.9 Å². The first kappa shape index (κ1) is 23.9. The molecule has 1 heterocycles. The van der Waals surface area contributed by atoms with Gasteiger partial charge < -0.3 is 15.8 Å². The van der Waals surface area contributed by atoms with Crippen LogP contribution < -0.4 is 15.8 Å². The Hall–Kier alpha value is -2.78. The van der Waals surface area contributed by atoms with Gasteiger partial charge in [0.25, 0.3) is 5.92 Å². The second kappa shape index (κ2) is 7.67. The van der Waals surface area contributed by atoms with Crippen molar-refractivity contribution >= 4 is 34.9 Å². The molecule has 1 fully saturated rings. The van der Waals surface area contributed by atoms with Crippen LogP contribution >= 0.6 is 23.2 Å². The molecule has 1 aromatic carbocycles. The number of hydrogen-bond acceptors (Lipinski definition) is 5. The van der Waals surface area contributed by atoms with Crippen molar-refractivity contribution in [3.63, 3.8) is 0 Å². The predicted octanol–water partition coefficient (Wildman–Crippen LogP) is 4.53. The highest BCUT2D eigenvalue weighted by Crippen LogP contribution is 2.63. The summed E-state index contributed by atoms with van der Waals surface area (Å²) < 4.78 is 71.0. The monoisotopic (exact) mass is 497 g/mol. The van der Waals surface area contributed by atoms with E-state index in [-0.39, 0.29) is 11.5 Å². The van der Waals surface area contributed by atoms with Crippen LogP contribution in [0.25, 0.3) is 5.69 Å². The summed E-state index contributed by atoms with van der Waals surface area (Å²) in [6, 6.07) is 2.81. The van der Waals surface area contributed by atoms with Gasteiger partial charge in [-0.15, -0.1) is 13.2 Å². The molecule has 172 valence electrons. The number of hydrogen-bond donors (Lipinski definition) is 2. The molecule has 7 nitrogen and oxygen atoms in total. The van der Waals surface area contributed by atoms with E-state index < -0.39 is 63.1 Å². The number of amides is 1. The first-order chi connectivity index (χ1) is 14.6. The first-order valence-corrected chi connectivity index (χ1v) is 9.63. The van der Waals surface area contributed by atoms with Crippen molar-refractivity contribution in [2.45, 2.75) is 44.0 Å². The maximum absolute atomic E-state index is 14.4. The number of carbonyl (C=O) groups excluding carboxylic acids is 1. The molecule has 3 rings (SSSR count). The molecular formula is C18H14Cl2F5N5O2. The van der Waals surface area contributed by atoms with Gasteiger partial charge in [0.1, 0.15) is 28.7 Å². The Labute approximate surface area is 187 Å². The van der Waals surface area contributed by atoms with E-state index in [9.17, 15) is 32.0 Å². The number of benzene rings is 1. The molecule has 1 amide bonds. The van der Waals surface area contributed by atoms with E-state index >= 15 is 0 Å². The van der Waals surface area contributed by atoms with E-state index in [1.54, 1.807) is 19.9 Å². The minimum atomic E-state index is -5.02. The topological polar surface area (TPSA) is 106 Å². The largest absolute Gasteiger partial charge is 0.573 e. The Morgan fingerprint density at radius 3 is 2.25 bits per heavy atom. The molecule has 1 aliphatic carbocycles. The van der Waals surface area contributed by atoms with Crippen molar-refractivity contribution in [1.82, 2.24) is 9.78 Å². The molecule has 0 saturated heterocycles. The molecule has 0 radical (unpaired) electrons. The van der Waals surface area contributed by atoms with Gasteiger partial charge in [-0.05, 0) is 13.8 Å². The number of aromatic nitrogens is 2. The second-order valence-corrected chi connectivity index (χ2v) is 8.14. The summed E-state index contributed by atoms with van der Waals surface area (Å²) in [4.78, 5) is 12.1. The highest BCUT2D eigenvalue weighted by atomic mass is 35.5. The van der Waals surface area contributed by atoms with Crippen molar-refractivity contribution in [3.05, 3.63) is 33.4 Å². The van der Waals surface area contributed by atoms with Gasteiger partial charge in [0.15, 0.2) is 5.69 Å². The Morgan fingerprint density at radius 2 is 1.88 bits per heavy atom. The van der Waals surface area contributed by atoms with E-state index in [2.05, 4.69) is 15.2 Å². The fraction of sp³-hybridized carbons (Fsp3) is 0.389. The SMILES string of the molecule is CC(C)Nc1c(C2(C(N)=O)CC2(F)F)c(C#N)nn1-c1c(Cl)cc(OC(F)(F)F)cc1Cl. The van der Waals surface area contributed by atoms with Gasteiger partial charge in [0.2, 0.25) is 5.91 Å². The molecule has 14 heteroatoms. The summed E-state index contributed by atoms with van der Waals surface area (Å²) in [5, 5.41) is 15.5. The summed E-state index contributed by atoms with van der Waals surface area (Å²) >= 11 is 12.2. The second-order valence-electron chi connectivity index (χ2n) is 7.33. The van der Waals surface area contributed by atoms with E-state index in [1.165, 1.54) is 0 Å². The Morgan fingerprint density at radius 1 is 1.34 bits per heavy atom. The normalized spacial score (nSPS) is 19.5. The quantitative estimate of drug-likeness (QED) is 0.570. The molecular weight excluding hydrogens is 484 g/mol. The Kier molecular flexibility index (Phi) is 5.72. The van der Waals surface area contributed by atoms with Gasteiger partial charge in [-0.25, -0.2) is 13.5 Å². The van der Waals surface area contributed by atoms with Gasteiger partial charge >= 0.3 is 6.36 Å². The minimum absolute atomic E-state index is 0.221. The number of primary amides is 1. The van der Waals surface area contributed by atoms with Gasteiger partial charge in [-0.2, -0.15) is 10.4 Å². The summed E-state index contributed by atoms with van der Waals surface area (Å²) in [6.45, 7) is 3.28. The number of nitrogens with two attached hydrogens (primary N) is 1. The zero-order valence-corrected chi connectivity index (χ0v) is 17.8. The van der Waals surface area contributed by atoms with Crippen LogP contribution in [0.3, 0.4) is 0 Å². The van der Waals surface area contributed by atoms with Crippen LogP contribution in [0.2, 0.25) is 10.0 Å². The first-order valence-electron chi connectivity index (χ1n) is 8.87. The van der Waals surface area contributed by atoms with Crippen molar-refractivity contribution < 1.29 is 31.5 Å². The van der Waals surface area contributed by atoms with Crippen LogP contribution in [-0.2, 0) is 10.2 Å². The molecule has 0 aliphatic heterocycles. The highest BCUT2D eigenvalue weighted by molar-refractivity contribution is 6.38. The van der Waals surface area contributed by atoms with Crippen LogP contribution in [0.4, 0.5) is 27.8 Å². The van der Waals surface area contributed by atoms with Crippen molar-refractivity contribution in [1.29, 1.82) is 5.26 Å². The summed E-state index contributed by atoms with van der Waals surface area (Å²) in [7, 11) is 0. The maximum atomic E-state index is 14.4. The molecule has 32 heavy (non-hydrogen) atoms. The number of rotatable bonds is 6. The summed E-state index contributed by atoms with van der Waals surface area (Å²) in [6.07, 6.45) is -5.96. The number of nitrogens with one attached hydrogen (secondary N) is 1. The van der Waals surface area contributed by atoms with E-state index in [1.807, 2.05) is 0 Å². The smallest absolute Gasteiger partial charge is 0.406 e. The molecule has 3 N–H and O–H groups in total. The van der Waals surface area contributed by atoms with Crippen molar-refractivity contribution in [2.75, 3.05) is 5.32 Å². The van der Waals surface area contributed by atoms with Gasteiger partial charge in [0.05, 0.1) is 15.6 Å². The fourth-order valence-electron chi connectivity index (χ4n) is 3.36. The molecule has 0 bridgehead atoms. The van der Waals surface area contributed by atoms with Gasteiger partial charge in [0, 0.05) is 24.6 Å². The number of alkyl halides is 5. The lowest BCUT2D eigenvalue weighted by Gasteiger charge is -2.20. The molecule has 1 unspecified atom stereocenters. The lowest BCUT2D eigenvalue weighted by Crippen LogP contribution is -2.35. The third-order valence-corrected chi connectivity index (χ3v) is 5.26. The number of carbonyl (C=O) groups is 1. The van der Waals surface area contributed by atoms with Crippen LogP contribution in [0, 0.1) is 11.3 Å². The number of nitrogens with zero attached hydrogens (tertiary/aromatic N) is 3. The standard InChI is InChI=1S/C18H14Cl2F5N5O2/c1-7(2)28-14-12(16(15(27)31)6-17(16,21)22)11(5-26)29-30(14)13-9(19)3-8(4-10(13)20)32-18(23,24)25/h3-4,7,28H,6H2,1-2H3,(H2,27,31). The van der Waals surface area contributed by atoms with Crippen LogP contribution in [0.5, 0.6) is 5.75 Å². The lowest BCUT2D eigenvalue weighted by molar-refractivity contribution is -0.274. The number of ether oxygens (including phenoxy) is 1. The molecule has 1 aliphatic rings. The fourth-order valence-corrected chi connectivity index (χ4v) is 3.98. The lowest BCUT2D eigenvalue weighted by atomic mass is 9.93. The maximum Gasteiger partial charge on any atom is 0.573 e. The molecule has 0 spiro atoms. The van der Waals surface area contributed by atoms with Crippen LogP contribution in [0.1, 0.15) is 31.5 Å². The van der Waals surface area contributed by atoms with Crippen molar-refractivity contribution in [3.8, 4) is 17.5 Å². The Balaban J connectivity index is 2.29. The van der Waals surface area contributed by atoms with Crippen LogP contribution in [-0.4, -0.2) is 34.0 Å². The highest BCUT2D eigenvalue weighted by Gasteiger charge is 2.78. The molecule has 1 atom stereocenters. The van der Waals surface area contributed by atoms with E-state index in [0.29, 0.717) is 0 Å². The average Bonchev–Trinajstić information content (AvgIpc) is 3.03. The van der Waals surface area contributed by atoms with Crippen molar-refractivity contribution in [2.24, 2.45) is 5.73 Å². The average molecular weight is 498 g/mol. The predicted molar refractivity (Wildman–Crippen MR) is 104 cm³/mol. The van der Waals surface area contributed by atoms with Crippen LogP contribution in [0.15, 0.2) is 12.1 Å². The minimum Gasteiger partial charge on any atom is -0.406 e. The zero-order chi connectivity index (χ0) is 24.2. The molecule has 1 saturated carbocycles. The number of halogens is 7.